The van der Waals surface area contributed by atoms with Crippen LogP contribution in [0, 0.1) is 5.92 Å². The Labute approximate surface area is 81.3 Å². The Hall–Kier alpha value is -0.0800. The molecule has 3 N–H and O–H groups in total. The van der Waals surface area contributed by atoms with Gasteiger partial charge in [0, 0.05) is 18.1 Å². The maximum absolute atomic E-state index is 5.95. The lowest BCUT2D eigenvalue weighted by Gasteiger charge is -2.38. The van der Waals surface area contributed by atoms with Crippen LogP contribution >= 0.6 is 0 Å². The van der Waals surface area contributed by atoms with E-state index in [0.29, 0.717) is 6.04 Å². The zero-order valence-electron chi connectivity index (χ0n) is 8.63. The highest BCUT2D eigenvalue weighted by molar-refractivity contribution is 4.88. The Kier molecular flexibility index (Phi) is 2.89. The maximum atomic E-state index is 5.95. The molecule has 13 heavy (non-hydrogen) atoms. The molecule has 0 heterocycles. The molecular formula is C11H22N2. The molecule has 2 unspecified atom stereocenters. The number of rotatable bonds is 2. The topological polar surface area (TPSA) is 38.0 Å². The van der Waals surface area contributed by atoms with Crippen LogP contribution in [0.4, 0.5) is 0 Å². The summed E-state index contributed by atoms with van der Waals surface area (Å²) in [4.78, 5) is 0. The zero-order chi connectivity index (χ0) is 9.26. The number of hydrogen-bond acceptors (Lipinski definition) is 2. The molecule has 0 spiro atoms. The molecule has 0 saturated heterocycles. The Bertz CT molecular complexity index is 163. The number of nitrogens with one attached hydrogen (secondary N) is 1. The van der Waals surface area contributed by atoms with E-state index in [1.54, 1.807) is 0 Å². The molecule has 2 saturated carbocycles. The van der Waals surface area contributed by atoms with Gasteiger partial charge in [0.25, 0.3) is 0 Å². The van der Waals surface area contributed by atoms with Crippen molar-refractivity contribution in [3.63, 3.8) is 0 Å². The summed E-state index contributed by atoms with van der Waals surface area (Å²) in [6.07, 6.45) is 7.86. The van der Waals surface area contributed by atoms with E-state index in [4.69, 9.17) is 5.73 Å². The van der Waals surface area contributed by atoms with Crippen LogP contribution in [0.2, 0.25) is 0 Å². The van der Waals surface area contributed by atoms with Crippen LogP contribution in [-0.4, -0.2) is 18.1 Å². The van der Waals surface area contributed by atoms with Crippen LogP contribution in [0.5, 0.6) is 0 Å². The molecule has 0 aromatic carbocycles. The Balaban J connectivity index is 1.69. The van der Waals surface area contributed by atoms with Crippen molar-refractivity contribution in [3.05, 3.63) is 0 Å². The molecule has 0 aromatic rings. The van der Waals surface area contributed by atoms with Gasteiger partial charge in [-0.2, -0.15) is 0 Å². The fourth-order valence-electron chi connectivity index (χ4n) is 2.75. The SMILES string of the molecule is CC1CC(NC2CCCC(N)C2)C1. The highest BCUT2D eigenvalue weighted by Crippen LogP contribution is 2.28. The monoisotopic (exact) mass is 182 g/mol. The van der Waals surface area contributed by atoms with Gasteiger partial charge in [-0.1, -0.05) is 13.3 Å². The second-order valence-corrected chi connectivity index (χ2v) is 5.06. The van der Waals surface area contributed by atoms with Crippen LogP contribution in [0.3, 0.4) is 0 Å². The van der Waals surface area contributed by atoms with Crippen molar-refractivity contribution in [3.8, 4) is 0 Å². The van der Waals surface area contributed by atoms with E-state index in [2.05, 4.69) is 12.2 Å². The van der Waals surface area contributed by atoms with Gasteiger partial charge in [-0.05, 0) is 38.0 Å². The third-order valence-electron chi connectivity index (χ3n) is 3.56. The summed E-state index contributed by atoms with van der Waals surface area (Å²) in [6, 6.07) is 2.00. The standard InChI is InChI=1S/C11H22N2/c1-8-5-11(6-8)13-10-4-2-3-9(12)7-10/h8-11,13H,2-7,12H2,1H3. The van der Waals surface area contributed by atoms with Crippen LogP contribution in [0.15, 0.2) is 0 Å². The van der Waals surface area contributed by atoms with E-state index in [0.717, 1.165) is 18.0 Å². The molecule has 0 radical (unpaired) electrons. The van der Waals surface area contributed by atoms with Crippen LogP contribution in [-0.2, 0) is 0 Å². The summed E-state index contributed by atoms with van der Waals surface area (Å²) in [7, 11) is 0. The molecule has 2 aliphatic rings. The lowest BCUT2D eigenvalue weighted by Crippen LogP contribution is -2.48. The Morgan fingerprint density at radius 3 is 2.46 bits per heavy atom. The first-order chi connectivity index (χ1) is 6.24. The Morgan fingerprint density at radius 1 is 1.08 bits per heavy atom. The average Bonchev–Trinajstić information content (AvgIpc) is 2.01. The first-order valence-electron chi connectivity index (χ1n) is 5.75. The van der Waals surface area contributed by atoms with E-state index in [9.17, 15) is 0 Å². The van der Waals surface area contributed by atoms with Gasteiger partial charge in [-0.25, -0.2) is 0 Å². The number of nitrogens with two attached hydrogens (primary N) is 1. The van der Waals surface area contributed by atoms with E-state index in [1.165, 1.54) is 38.5 Å². The maximum Gasteiger partial charge on any atom is 0.00843 e. The molecular weight excluding hydrogens is 160 g/mol. The molecule has 0 bridgehead atoms. The highest BCUT2D eigenvalue weighted by atomic mass is 15.0. The van der Waals surface area contributed by atoms with E-state index >= 15 is 0 Å². The van der Waals surface area contributed by atoms with Gasteiger partial charge >= 0.3 is 0 Å². The molecule has 76 valence electrons. The van der Waals surface area contributed by atoms with Crippen molar-refractivity contribution in [1.29, 1.82) is 0 Å². The smallest absolute Gasteiger partial charge is 0.00843 e. The summed E-state index contributed by atoms with van der Waals surface area (Å²) < 4.78 is 0. The van der Waals surface area contributed by atoms with Gasteiger partial charge in [-0.15, -0.1) is 0 Å². The van der Waals surface area contributed by atoms with Gasteiger partial charge < -0.3 is 11.1 Å². The summed E-state index contributed by atoms with van der Waals surface area (Å²) in [5, 5.41) is 3.74. The molecule has 0 aromatic heterocycles. The molecule has 2 atom stereocenters. The summed E-state index contributed by atoms with van der Waals surface area (Å²) in [5.74, 6) is 0.953. The normalized spacial score (nSPS) is 45.7. The Morgan fingerprint density at radius 2 is 1.85 bits per heavy atom. The first kappa shape index (κ1) is 9.47. The highest BCUT2D eigenvalue weighted by Gasteiger charge is 2.28. The minimum atomic E-state index is 0.462. The van der Waals surface area contributed by atoms with Gasteiger partial charge in [0.15, 0.2) is 0 Å². The van der Waals surface area contributed by atoms with Crippen molar-refractivity contribution in [2.75, 3.05) is 0 Å². The minimum absolute atomic E-state index is 0.462. The second-order valence-electron chi connectivity index (χ2n) is 5.06. The second kappa shape index (κ2) is 3.97. The zero-order valence-corrected chi connectivity index (χ0v) is 8.63. The minimum Gasteiger partial charge on any atom is -0.328 e. The third-order valence-corrected chi connectivity index (χ3v) is 3.56. The van der Waals surface area contributed by atoms with Crippen molar-refractivity contribution in [2.24, 2.45) is 11.7 Å². The van der Waals surface area contributed by atoms with E-state index in [-0.39, 0.29) is 0 Å². The quantitative estimate of drug-likeness (QED) is 0.681. The van der Waals surface area contributed by atoms with Crippen molar-refractivity contribution < 1.29 is 0 Å². The first-order valence-corrected chi connectivity index (χ1v) is 5.75. The van der Waals surface area contributed by atoms with E-state index in [1.807, 2.05) is 0 Å². The van der Waals surface area contributed by atoms with Crippen LogP contribution in [0.25, 0.3) is 0 Å². The van der Waals surface area contributed by atoms with Crippen LogP contribution in [0.1, 0.15) is 45.4 Å². The molecule has 2 rings (SSSR count). The van der Waals surface area contributed by atoms with Gasteiger partial charge in [0.1, 0.15) is 0 Å². The molecule has 0 amide bonds. The van der Waals surface area contributed by atoms with Gasteiger partial charge in [0.05, 0.1) is 0 Å². The molecule has 2 heteroatoms. The molecule has 0 aliphatic heterocycles. The van der Waals surface area contributed by atoms with Crippen molar-refractivity contribution in [2.45, 2.75) is 63.6 Å². The lowest BCUT2D eigenvalue weighted by atomic mass is 9.80. The predicted molar refractivity (Wildman–Crippen MR) is 55.6 cm³/mol. The fraction of sp³-hybridized carbons (Fsp3) is 1.00. The lowest BCUT2D eigenvalue weighted by molar-refractivity contribution is 0.199. The average molecular weight is 182 g/mol. The predicted octanol–water partition coefficient (Wildman–Crippen LogP) is 1.64. The molecule has 2 aliphatic carbocycles. The summed E-state index contributed by atoms with van der Waals surface area (Å²) in [5.41, 5.74) is 5.95. The van der Waals surface area contributed by atoms with E-state index < -0.39 is 0 Å². The van der Waals surface area contributed by atoms with Gasteiger partial charge in [-0.3, -0.25) is 0 Å². The molecule has 2 fully saturated rings. The van der Waals surface area contributed by atoms with Crippen LogP contribution < -0.4 is 11.1 Å². The largest absolute Gasteiger partial charge is 0.328 e. The van der Waals surface area contributed by atoms with Crippen molar-refractivity contribution >= 4 is 0 Å². The summed E-state index contributed by atoms with van der Waals surface area (Å²) >= 11 is 0. The number of hydrogen-bond donors (Lipinski definition) is 2. The van der Waals surface area contributed by atoms with Crippen molar-refractivity contribution in [1.82, 2.24) is 5.32 Å². The summed E-state index contributed by atoms with van der Waals surface area (Å²) in [6.45, 7) is 2.34. The molecule has 2 nitrogen and oxygen atoms in total. The van der Waals surface area contributed by atoms with Gasteiger partial charge in [0.2, 0.25) is 0 Å². The fourth-order valence-corrected chi connectivity index (χ4v) is 2.75. The third kappa shape index (κ3) is 2.44.